The molecule has 6 rings (SSSR count). The SMILES string of the molecule is CCc1c(C(=O)C(C)CC2CC3CCC=CC3[N+](N)(N3CCCCC3)C2=O)nn(C2CC=C(Cl)C=C2Cl)c1-c1ccc(Br)cc1. The summed E-state index contributed by atoms with van der Waals surface area (Å²) in [6, 6.07) is 7.75. The number of carbonyl (C=O) groups excluding carboxylic acids is 2. The number of rotatable bonds is 8. The minimum Gasteiger partial charge on any atom is -0.292 e. The van der Waals surface area contributed by atoms with Crippen LogP contribution < -0.4 is 5.84 Å². The lowest BCUT2D eigenvalue weighted by Crippen LogP contribution is -2.78. The Morgan fingerprint density at radius 3 is 2.60 bits per heavy atom. The van der Waals surface area contributed by atoms with E-state index in [1.54, 1.807) is 6.08 Å². The van der Waals surface area contributed by atoms with Gasteiger partial charge in [-0.1, -0.05) is 83.7 Å². The molecule has 1 aromatic carbocycles. The van der Waals surface area contributed by atoms with Gasteiger partial charge in [0.1, 0.15) is 5.69 Å². The Labute approximate surface area is 284 Å². The summed E-state index contributed by atoms with van der Waals surface area (Å²) < 4.78 is 2.74. The number of nitrogens with zero attached hydrogens (tertiary/aromatic N) is 4. The highest BCUT2D eigenvalue weighted by molar-refractivity contribution is 9.10. The van der Waals surface area contributed by atoms with Gasteiger partial charge in [0.15, 0.2) is 11.8 Å². The van der Waals surface area contributed by atoms with Crippen LogP contribution in [0.25, 0.3) is 11.3 Å². The molecule has 0 radical (unpaired) electrons. The number of nitrogens with two attached hydrogens (primary N) is 1. The number of carbonyl (C=O) groups is 2. The van der Waals surface area contributed by atoms with Crippen molar-refractivity contribution in [3.05, 3.63) is 74.4 Å². The van der Waals surface area contributed by atoms with Crippen molar-refractivity contribution in [3.8, 4) is 11.3 Å². The van der Waals surface area contributed by atoms with Crippen LogP contribution in [0.4, 0.5) is 0 Å². The fourth-order valence-electron chi connectivity index (χ4n) is 7.97. The highest BCUT2D eigenvalue weighted by atomic mass is 79.9. The molecule has 1 aromatic heterocycles. The Hall–Kier alpha value is -2.07. The number of ketones is 1. The molecule has 2 aliphatic carbocycles. The zero-order chi connectivity index (χ0) is 31.9. The molecular weight excluding hydrogens is 673 g/mol. The summed E-state index contributed by atoms with van der Waals surface area (Å²) in [5.41, 5.74) is 3.20. The van der Waals surface area contributed by atoms with Crippen LogP contribution in [0.3, 0.4) is 0 Å². The van der Waals surface area contributed by atoms with Gasteiger partial charge in [0, 0.05) is 37.5 Å². The lowest BCUT2D eigenvalue weighted by atomic mass is 9.74. The molecule has 45 heavy (non-hydrogen) atoms. The van der Waals surface area contributed by atoms with Crippen LogP contribution in [0.2, 0.25) is 0 Å². The Bertz CT molecular complexity index is 1540. The maximum atomic E-state index is 14.4. The fraction of sp³-hybridized carbons (Fsp3) is 0.514. The maximum Gasteiger partial charge on any atom is 0.355 e. The van der Waals surface area contributed by atoms with Gasteiger partial charge < -0.3 is 0 Å². The highest BCUT2D eigenvalue weighted by Crippen LogP contribution is 2.43. The zero-order valence-corrected chi connectivity index (χ0v) is 29.2. The van der Waals surface area contributed by atoms with Gasteiger partial charge in [0.05, 0.1) is 30.7 Å². The third-order valence-corrected chi connectivity index (χ3v) is 11.4. The van der Waals surface area contributed by atoms with E-state index in [-0.39, 0.29) is 34.4 Å². The molecule has 3 heterocycles. The number of fused-ring (bicyclic) bond motifs is 1. The van der Waals surface area contributed by atoms with Crippen LogP contribution in [0, 0.1) is 17.8 Å². The monoisotopic (exact) mass is 714 g/mol. The Morgan fingerprint density at radius 2 is 1.91 bits per heavy atom. The first-order valence-electron chi connectivity index (χ1n) is 16.4. The second-order valence-corrected chi connectivity index (χ2v) is 14.9. The number of halogens is 3. The number of allylic oxidation sites excluding steroid dienone is 5. The van der Waals surface area contributed by atoms with Gasteiger partial charge >= 0.3 is 5.91 Å². The summed E-state index contributed by atoms with van der Waals surface area (Å²) in [5, 5.41) is 8.38. The number of piperidine rings is 2. The summed E-state index contributed by atoms with van der Waals surface area (Å²) in [4.78, 5) is 28.7. The molecule has 2 saturated heterocycles. The van der Waals surface area contributed by atoms with Crippen molar-refractivity contribution in [1.29, 1.82) is 0 Å². The molecule has 2 N–H and O–H groups in total. The molecule has 0 bridgehead atoms. The van der Waals surface area contributed by atoms with E-state index in [9.17, 15) is 9.59 Å². The second-order valence-electron chi connectivity index (χ2n) is 13.1. The lowest BCUT2D eigenvalue weighted by molar-refractivity contribution is -1.00. The van der Waals surface area contributed by atoms with Crippen LogP contribution in [-0.4, -0.2) is 50.3 Å². The van der Waals surface area contributed by atoms with Crippen molar-refractivity contribution in [2.45, 2.75) is 83.7 Å². The summed E-state index contributed by atoms with van der Waals surface area (Å²) in [5.74, 6) is 6.80. The average Bonchev–Trinajstić information content (AvgIpc) is 3.43. The van der Waals surface area contributed by atoms with Gasteiger partial charge in [-0.25, -0.2) is 4.79 Å². The topological polar surface area (TPSA) is 81.2 Å². The molecule has 240 valence electrons. The maximum absolute atomic E-state index is 14.4. The summed E-state index contributed by atoms with van der Waals surface area (Å²) >= 11 is 16.6. The van der Waals surface area contributed by atoms with E-state index in [2.05, 4.69) is 40.0 Å². The van der Waals surface area contributed by atoms with Gasteiger partial charge in [-0.15, -0.1) is 9.71 Å². The van der Waals surface area contributed by atoms with E-state index in [1.165, 1.54) is 6.42 Å². The third-order valence-electron chi connectivity index (χ3n) is 10.3. The molecule has 1 amide bonds. The first kappa shape index (κ1) is 32.9. The molecule has 6 atom stereocenters. The van der Waals surface area contributed by atoms with Crippen LogP contribution in [-0.2, 0) is 11.2 Å². The van der Waals surface area contributed by atoms with Crippen LogP contribution in [0.5, 0.6) is 0 Å². The zero-order valence-electron chi connectivity index (χ0n) is 26.1. The smallest absolute Gasteiger partial charge is 0.292 e. The molecule has 2 aliphatic heterocycles. The van der Waals surface area contributed by atoms with E-state index in [0.717, 1.165) is 66.5 Å². The molecule has 4 aliphatic rings. The van der Waals surface area contributed by atoms with E-state index >= 15 is 0 Å². The fourth-order valence-corrected chi connectivity index (χ4v) is 8.80. The number of hydrogen-bond acceptors (Lipinski definition) is 5. The Balaban J connectivity index is 1.33. The predicted molar refractivity (Wildman–Crippen MR) is 183 cm³/mol. The number of Topliss-reactive ketones (excluding diaryl/α,β-unsaturated/α-hetero) is 1. The van der Waals surface area contributed by atoms with Crippen LogP contribution in [0.15, 0.2) is 63.1 Å². The quantitative estimate of drug-likeness (QED) is 0.0979. The van der Waals surface area contributed by atoms with Crippen molar-refractivity contribution in [1.82, 2.24) is 14.8 Å². The van der Waals surface area contributed by atoms with Gasteiger partial charge in [-0.3, -0.25) is 9.48 Å². The first-order chi connectivity index (χ1) is 21.6. The molecule has 2 aromatic rings. The number of aromatic nitrogens is 2. The summed E-state index contributed by atoms with van der Waals surface area (Å²) in [6.45, 7) is 5.66. The van der Waals surface area contributed by atoms with Gasteiger partial charge in [-0.05, 0) is 75.7 Å². The lowest BCUT2D eigenvalue weighted by Gasteiger charge is -2.52. The van der Waals surface area contributed by atoms with Crippen molar-refractivity contribution in [2.75, 3.05) is 13.1 Å². The summed E-state index contributed by atoms with van der Waals surface area (Å²) in [7, 11) is 0. The van der Waals surface area contributed by atoms with E-state index < -0.39 is 5.92 Å². The van der Waals surface area contributed by atoms with Gasteiger partial charge in [-0.2, -0.15) is 10.9 Å². The molecule has 0 spiro atoms. The van der Waals surface area contributed by atoms with Crippen LogP contribution >= 0.6 is 39.1 Å². The highest BCUT2D eigenvalue weighted by Gasteiger charge is 2.57. The molecular formula is C35H43BrCl2N5O2+. The van der Waals surface area contributed by atoms with Gasteiger partial charge in [0.2, 0.25) is 0 Å². The van der Waals surface area contributed by atoms with Crippen molar-refractivity contribution < 1.29 is 14.3 Å². The Kier molecular flexibility index (Phi) is 9.91. The molecule has 0 saturated carbocycles. The molecule has 6 unspecified atom stereocenters. The van der Waals surface area contributed by atoms with Crippen molar-refractivity contribution in [3.63, 3.8) is 0 Å². The number of amides is 1. The minimum atomic E-state index is -0.400. The standard InChI is InChI=1S/C35H43BrCl2N5O2/c1-3-28-32(40-42(30-16-15-27(37)21-29(30)38)33(28)23-11-13-26(36)14-12-23)34(44)22(2)19-25-20-24-9-5-6-10-31(24)43(39,35(25)45)41-17-7-4-8-18-41/h6,10-15,21-22,24-25,30-31H,3-5,7-9,16-20,39H2,1-2H3/q+1. The molecule has 10 heteroatoms. The average molecular weight is 717 g/mol. The van der Waals surface area contributed by atoms with E-state index in [1.807, 2.05) is 41.9 Å². The first-order valence-corrected chi connectivity index (χ1v) is 18.0. The van der Waals surface area contributed by atoms with Crippen molar-refractivity contribution in [2.24, 2.45) is 23.6 Å². The van der Waals surface area contributed by atoms with Crippen molar-refractivity contribution >= 4 is 50.8 Å². The largest absolute Gasteiger partial charge is 0.355 e. The van der Waals surface area contributed by atoms with E-state index in [4.69, 9.17) is 34.1 Å². The molecule has 7 nitrogen and oxygen atoms in total. The minimum absolute atomic E-state index is 0.0293. The number of hydrogen-bond donors (Lipinski definition) is 1. The second kappa shape index (κ2) is 13.6. The van der Waals surface area contributed by atoms with Gasteiger partial charge in [0.25, 0.3) is 0 Å². The number of benzene rings is 1. The van der Waals surface area contributed by atoms with Crippen LogP contribution in [0.1, 0.15) is 87.3 Å². The predicted octanol–water partition coefficient (Wildman–Crippen LogP) is 8.25. The normalized spacial score (nSPS) is 29.6. The molecule has 2 fully saturated rings. The Morgan fingerprint density at radius 1 is 1.18 bits per heavy atom. The summed E-state index contributed by atoms with van der Waals surface area (Å²) in [6.07, 6.45) is 15.8. The van der Waals surface area contributed by atoms with E-state index in [0.29, 0.717) is 40.9 Å². The third kappa shape index (κ3) is 6.19. The number of quaternary nitrogens is 1.